The Balaban J connectivity index is 1.87. The molecule has 3 N–H and O–H groups in total. The highest BCUT2D eigenvalue weighted by Crippen LogP contribution is 2.25. The maximum Gasteiger partial charge on any atom is 0.191 e. The van der Waals surface area contributed by atoms with E-state index in [0.717, 1.165) is 50.9 Å². The molecule has 2 aliphatic rings. The largest absolute Gasteiger partial charge is 0.396 e. The van der Waals surface area contributed by atoms with Crippen LogP contribution in [0.3, 0.4) is 0 Å². The molecule has 0 radical (unpaired) electrons. The maximum absolute atomic E-state index is 9.26. The van der Waals surface area contributed by atoms with Crippen LogP contribution in [0.2, 0.25) is 0 Å². The first-order valence-corrected chi connectivity index (χ1v) is 11.2. The average Bonchev–Trinajstić information content (AvgIpc) is 2.67. The Kier molecular flexibility index (Phi) is 10.4. The molecule has 5 heteroatoms. The number of nitrogens with one attached hydrogen (secondary N) is 2. The standard InChI is InChI=1S/C21H42N4O/c1-3-9-18(13-15-26)16-23-21(22-4-2)24-19-10-8-14-25(17-19)20-11-6-5-7-12-20/h18-20,26H,3-17H2,1-2H3,(H2,22,23,24). The molecule has 2 rings (SSSR count). The Labute approximate surface area is 161 Å². The van der Waals surface area contributed by atoms with E-state index in [4.69, 9.17) is 4.99 Å². The van der Waals surface area contributed by atoms with E-state index in [2.05, 4.69) is 29.4 Å². The zero-order valence-electron chi connectivity index (χ0n) is 17.2. The number of guanidine groups is 1. The molecule has 0 amide bonds. The molecule has 2 unspecified atom stereocenters. The summed E-state index contributed by atoms with van der Waals surface area (Å²) in [6.07, 6.45) is 12.7. The number of hydrogen-bond acceptors (Lipinski definition) is 3. The number of nitrogens with zero attached hydrogens (tertiary/aromatic N) is 2. The van der Waals surface area contributed by atoms with Crippen LogP contribution in [-0.2, 0) is 0 Å². The van der Waals surface area contributed by atoms with Crippen molar-refractivity contribution >= 4 is 5.96 Å². The molecule has 152 valence electrons. The van der Waals surface area contributed by atoms with Gasteiger partial charge in [0.1, 0.15) is 0 Å². The highest BCUT2D eigenvalue weighted by atomic mass is 16.3. The second-order valence-electron chi connectivity index (χ2n) is 8.16. The van der Waals surface area contributed by atoms with Gasteiger partial charge >= 0.3 is 0 Å². The van der Waals surface area contributed by atoms with E-state index in [1.807, 2.05) is 0 Å². The number of likely N-dealkylation sites (tertiary alicyclic amines) is 1. The first-order chi connectivity index (χ1) is 12.8. The molecule has 1 aliphatic carbocycles. The summed E-state index contributed by atoms with van der Waals surface area (Å²) < 4.78 is 0. The predicted octanol–water partition coefficient (Wildman–Crippen LogP) is 3.14. The van der Waals surface area contributed by atoms with E-state index >= 15 is 0 Å². The van der Waals surface area contributed by atoms with Gasteiger partial charge in [-0.3, -0.25) is 9.89 Å². The van der Waals surface area contributed by atoms with Gasteiger partial charge in [-0.15, -0.1) is 0 Å². The Hall–Kier alpha value is -0.810. The Bertz CT molecular complexity index is 389. The van der Waals surface area contributed by atoms with Crippen molar-refractivity contribution in [3.05, 3.63) is 0 Å². The number of piperidine rings is 1. The topological polar surface area (TPSA) is 59.9 Å². The van der Waals surface area contributed by atoms with Gasteiger partial charge in [-0.25, -0.2) is 0 Å². The van der Waals surface area contributed by atoms with E-state index in [9.17, 15) is 5.11 Å². The van der Waals surface area contributed by atoms with E-state index in [1.54, 1.807) is 0 Å². The number of aliphatic hydroxyl groups is 1. The van der Waals surface area contributed by atoms with Crippen molar-refractivity contribution in [3.8, 4) is 0 Å². The van der Waals surface area contributed by atoms with Crippen molar-refractivity contribution in [1.82, 2.24) is 15.5 Å². The lowest BCUT2D eigenvalue weighted by atomic mass is 9.92. The van der Waals surface area contributed by atoms with Gasteiger partial charge in [0.2, 0.25) is 0 Å². The highest BCUT2D eigenvalue weighted by molar-refractivity contribution is 5.80. The monoisotopic (exact) mass is 366 g/mol. The van der Waals surface area contributed by atoms with Crippen LogP contribution in [0.5, 0.6) is 0 Å². The zero-order chi connectivity index (χ0) is 18.6. The van der Waals surface area contributed by atoms with Gasteiger partial charge in [-0.1, -0.05) is 32.6 Å². The van der Waals surface area contributed by atoms with Crippen molar-refractivity contribution < 1.29 is 5.11 Å². The number of rotatable bonds is 9. The Morgan fingerprint density at radius 1 is 1.12 bits per heavy atom. The third-order valence-electron chi connectivity index (χ3n) is 5.97. The highest BCUT2D eigenvalue weighted by Gasteiger charge is 2.27. The number of aliphatic imine (C=N–C) groups is 1. The van der Waals surface area contributed by atoms with Crippen LogP contribution < -0.4 is 10.6 Å². The molecular formula is C21H42N4O. The average molecular weight is 367 g/mol. The van der Waals surface area contributed by atoms with Gasteiger partial charge in [0.05, 0.1) is 0 Å². The van der Waals surface area contributed by atoms with Crippen LogP contribution in [0.1, 0.15) is 78.1 Å². The van der Waals surface area contributed by atoms with Crippen molar-refractivity contribution in [2.45, 2.75) is 90.1 Å². The molecule has 1 saturated carbocycles. The van der Waals surface area contributed by atoms with Crippen LogP contribution in [0.15, 0.2) is 4.99 Å². The first kappa shape index (κ1) is 21.5. The van der Waals surface area contributed by atoms with E-state index in [-0.39, 0.29) is 6.61 Å². The third-order valence-corrected chi connectivity index (χ3v) is 5.97. The summed E-state index contributed by atoms with van der Waals surface area (Å²) in [6, 6.07) is 1.32. The van der Waals surface area contributed by atoms with Crippen LogP contribution in [0.25, 0.3) is 0 Å². The maximum atomic E-state index is 9.26. The SMILES string of the molecule is CCCC(CCO)CN=C(NCC)NC1CCCN(C2CCCCC2)C1. The lowest BCUT2D eigenvalue weighted by Gasteiger charge is -2.40. The summed E-state index contributed by atoms with van der Waals surface area (Å²) in [5.41, 5.74) is 0. The van der Waals surface area contributed by atoms with Crippen LogP contribution in [0.4, 0.5) is 0 Å². The normalized spacial score (nSPS) is 24.4. The first-order valence-electron chi connectivity index (χ1n) is 11.2. The molecule has 2 atom stereocenters. The fourth-order valence-corrected chi connectivity index (χ4v) is 4.55. The molecule has 1 heterocycles. The van der Waals surface area contributed by atoms with Gasteiger partial charge in [-0.2, -0.15) is 0 Å². The summed E-state index contributed by atoms with van der Waals surface area (Å²) in [4.78, 5) is 7.58. The molecule has 26 heavy (non-hydrogen) atoms. The zero-order valence-corrected chi connectivity index (χ0v) is 17.2. The molecule has 2 fully saturated rings. The molecule has 1 saturated heterocycles. The Morgan fingerprint density at radius 2 is 1.92 bits per heavy atom. The molecule has 0 aromatic rings. The molecule has 0 bridgehead atoms. The molecule has 0 aromatic heterocycles. The van der Waals surface area contributed by atoms with Crippen molar-refractivity contribution in [3.63, 3.8) is 0 Å². The fourth-order valence-electron chi connectivity index (χ4n) is 4.55. The van der Waals surface area contributed by atoms with Gasteiger partial charge in [0, 0.05) is 38.3 Å². The fraction of sp³-hybridized carbons (Fsp3) is 0.952. The van der Waals surface area contributed by atoms with Crippen LogP contribution >= 0.6 is 0 Å². The van der Waals surface area contributed by atoms with E-state index < -0.39 is 0 Å². The third kappa shape index (κ3) is 7.43. The van der Waals surface area contributed by atoms with Crippen molar-refractivity contribution in [2.24, 2.45) is 10.9 Å². The Morgan fingerprint density at radius 3 is 2.62 bits per heavy atom. The van der Waals surface area contributed by atoms with Crippen molar-refractivity contribution in [2.75, 3.05) is 32.8 Å². The van der Waals surface area contributed by atoms with Crippen LogP contribution in [0, 0.1) is 5.92 Å². The lowest BCUT2D eigenvalue weighted by Crippen LogP contribution is -2.53. The second kappa shape index (κ2) is 12.6. The van der Waals surface area contributed by atoms with Crippen LogP contribution in [-0.4, -0.2) is 60.8 Å². The van der Waals surface area contributed by atoms with E-state index in [1.165, 1.54) is 51.5 Å². The molecule has 0 spiro atoms. The predicted molar refractivity (Wildman–Crippen MR) is 111 cm³/mol. The summed E-state index contributed by atoms with van der Waals surface area (Å²) in [5, 5.41) is 16.4. The molecular weight excluding hydrogens is 324 g/mol. The minimum Gasteiger partial charge on any atom is -0.396 e. The quantitative estimate of drug-likeness (QED) is 0.433. The van der Waals surface area contributed by atoms with Gasteiger partial charge < -0.3 is 15.7 Å². The molecule has 0 aromatic carbocycles. The van der Waals surface area contributed by atoms with Gasteiger partial charge in [-0.05, 0) is 57.9 Å². The summed E-state index contributed by atoms with van der Waals surface area (Å²) in [7, 11) is 0. The minimum absolute atomic E-state index is 0.267. The van der Waals surface area contributed by atoms with Gasteiger partial charge in [0.25, 0.3) is 0 Å². The van der Waals surface area contributed by atoms with E-state index in [0.29, 0.717) is 12.0 Å². The van der Waals surface area contributed by atoms with Gasteiger partial charge in [0.15, 0.2) is 5.96 Å². The molecule has 1 aliphatic heterocycles. The van der Waals surface area contributed by atoms with Crippen molar-refractivity contribution in [1.29, 1.82) is 0 Å². The number of hydrogen-bond donors (Lipinski definition) is 3. The summed E-state index contributed by atoms with van der Waals surface area (Å²) in [5.74, 6) is 1.45. The smallest absolute Gasteiger partial charge is 0.191 e. The summed E-state index contributed by atoms with van der Waals surface area (Å²) in [6.45, 7) is 8.73. The lowest BCUT2D eigenvalue weighted by molar-refractivity contribution is 0.115. The minimum atomic E-state index is 0.267. The molecule has 5 nitrogen and oxygen atoms in total. The summed E-state index contributed by atoms with van der Waals surface area (Å²) >= 11 is 0. The number of aliphatic hydroxyl groups excluding tert-OH is 1. The second-order valence-corrected chi connectivity index (χ2v) is 8.16.